The average molecular weight is 244 g/mol. The zero-order chi connectivity index (χ0) is 13.0. The van der Waals surface area contributed by atoms with Crippen molar-refractivity contribution in [1.29, 1.82) is 0 Å². The van der Waals surface area contributed by atoms with Crippen LogP contribution in [0.2, 0.25) is 0 Å². The lowest BCUT2D eigenvalue weighted by atomic mass is 10.1. The predicted octanol–water partition coefficient (Wildman–Crippen LogP) is 3.31. The van der Waals surface area contributed by atoms with Crippen molar-refractivity contribution in [2.75, 3.05) is 7.11 Å². The van der Waals surface area contributed by atoms with Gasteiger partial charge in [0.05, 0.1) is 7.11 Å². The average Bonchev–Trinajstić information content (AvgIpc) is 2.39. The highest BCUT2D eigenvalue weighted by molar-refractivity contribution is 5.82. The molecule has 0 unspecified atom stereocenters. The highest BCUT2D eigenvalue weighted by Crippen LogP contribution is 2.27. The molecular weight excluding hydrogens is 228 g/mol. The van der Waals surface area contributed by atoms with Crippen molar-refractivity contribution in [3.05, 3.63) is 52.4 Å². The van der Waals surface area contributed by atoms with E-state index >= 15 is 0 Å². The molecule has 2 rings (SSSR count). The van der Waals surface area contributed by atoms with Crippen molar-refractivity contribution in [1.82, 2.24) is 0 Å². The predicted molar refractivity (Wildman–Crippen MR) is 72.2 cm³/mol. The molecule has 1 aromatic carbocycles. The number of hydrogen-bond acceptors (Lipinski definition) is 3. The Morgan fingerprint density at radius 1 is 1.22 bits per heavy atom. The fourth-order valence-corrected chi connectivity index (χ4v) is 1.92. The second-order valence-corrected chi connectivity index (χ2v) is 4.00. The molecule has 0 spiro atoms. The fraction of sp³-hybridized carbons (Fsp3) is 0.267. The topological polar surface area (TPSA) is 39.4 Å². The summed E-state index contributed by atoms with van der Waals surface area (Å²) < 4.78 is 10.6. The number of fused-ring (bicyclic) bond motifs is 1. The van der Waals surface area contributed by atoms with Crippen LogP contribution in [0.4, 0.5) is 0 Å². The summed E-state index contributed by atoms with van der Waals surface area (Å²) in [6.07, 6.45) is 5.82. The van der Waals surface area contributed by atoms with Crippen molar-refractivity contribution in [2.24, 2.45) is 0 Å². The number of allylic oxidation sites excluding steroid dienone is 2. The van der Waals surface area contributed by atoms with E-state index in [0.29, 0.717) is 12.0 Å². The summed E-state index contributed by atoms with van der Waals surface area (Å²) in [4.78, 5) is 11.3. The SMILES string of the molecule is CCC=CCc1c(OC)ccc2ccc(=O)oc12. The van der Waals surface area contributed by atoms with E-state index < -0.39 is 0 Å². The van der Waals surface area contributed by atoms with Crippen LogP contribution in [0.15, 0.2) is 45.6 Å². The molecule has 18 heavy (non-hydrogen) atoms. The second-order valence-electron chi connectivity index (χ2n) is 4.00. The summed E-state index contributed by atoms with van der Waals surface area (Å²) in [5, 5.41) is 0.912. The van der Waals surface area contributed by atoms with Gasteiger partial charge in [-0.1, -0.05) is 19.1 Å². The van der Waals surface area contributed by atoms with Crippen molar-refractivity contribution >= 4 is 11.0 Å². The summed E-state index contributed by atoms with van der Waals surface area (Å²) in [5.41, 5.74) is 1.19. The molecule has 0 saturated carbocycles. The van der Waals surface area contributed by atoms with Gasteiger partial charge < -0.3 is 9.15 Å². The van der Waals surface area contributed by atoms with Gasteiger partial charge in [-0.15, -0.1) is 0 Å². The summed E-state index contributed by atoms with van der Waals surface area (Å²) in [6.45, 7) is 2.08. The van der Waals surface area contributed by atoms with Crippen molar-refractivity contribution in [3.63, 3.8) is 0 Å². The van der Waals surface area contributed by atoms with Crippen molar-refractivity contribution < 1.29 is 9.15 Å². The Hall–Kier alpha value is -2.03. The first-order valence-electron chi connectivity index (χ1n) is 6.01. The van der Waals surface area contributed by atoms with Crippen LogP contribution in [-0.4, -0.2) is 7.11 Å². The van der Waals surface area contributed by atoms with Crippen LogP contribution < -0.4 is 10.4 Å². The highest BCUT2D eigenvalue weighted by Gasteiger charge is 2.09. The number of hydrogen-bond donors (Lipinski definition) is 0. The van der Waals surface area contributed by atoms with Crippen LogP contribution in [0.5, 0.6) is 5.75 Å². The van der Waals surface area contributed by atoms with E-state index in [4.69, 9.17) is 9.15 Å². The van der Waals surface area contributed by atoms with Crippen molar-refractivity contribution in [2.45, 2.75) is 19.8 Å². The van der Waals surface area contributed by atoms with Crippen LogP contribution >= 0.6 is 0 Å². The van der Waals surface area contributed by atoms with Crippen molar-refractivity contribution in [3.8, 4) is 5.75 Å². The Bertz CT molecular complexity index is 623. The lowest BCUT2D eigenvalue weighted by Gasteiger charge is -2.08. The minimum atomic E-state index is -0.337. The zero-order valence-corrected chi connectivity index (χ0v) is 10.6. The van der Waals surface area contributed by atoms with Gasteiger partial charge in [-0.25, -0.2) is 4.79 Å². The van der Waals surface area contributed by atoms with Gasteiger partial charge in [-0.2, -0.15) is 0 Å². The first-order chi connectivity index (χ1) is 8.76. The minimum absolute atomic E-state index is 0.337. The first kappa shape index (κ1) is 12.4. The monoisotopic (exact) mass is 244 g/mol. The van der Waals surface area contributed by atoms with Crippen LogP contribution in [0.1, 0.15) is 18.9 Å². The van der Waals surface area contributed by atoms with Gasteiger partial charge in [-0.05, 0) is 31.0 Å². The summed E-state index contributed by atoms with van der Waals surface area (Å²) in [7, 11) is 1.62. The van der Waals surface area contributed by atoms with E-state index in [0.717, 1.165) is 23.1 Å². The molecule has 94 valence electrons. The maximum atomic E-state index is 11.3. The fourth-order valence-electron chi connectivity index (χ4n) is 1.92. The molecule has 0 saturated heterocycles. The Morgan fingerprint density at radius 3 is 2.72 bits per heavy atom. The molecule has 0 aliphatic heterocycles. The summed E-state index contributed by atoms with van der Waals surface area (Å²) in [5.74, 6) is 0.748. The third kappa shape index (κ3) is 2.45. The van der Waals surface area contributed by atoms with E-state index in [1.165, 1.54) is 6.07 Å². The lowest BCUT2D eigenvalue weighted by Crippen LogP contribution is -1.98. The Labute approximate surface area is 106 Å². The molecule has 1 aromatic heterocycles. The van der Waals surface area contributed by atoms with E-state index in [1.54, 1.807) is 13.2 Å². The third-order valence-corrected chi connectivity index (χ3v) is 2.79. The van der Waals surface area contributed by atoms with Gasteiger partial charge in [0.2, 0.25) is 0 Å². The Morgan fingerprint density at radius 2 is 2.00 bits per heavy atom. The van der Waals surface area contributed by atoms with E-state index in [1.807, 2.05) is 12.1 Å². The standard InChI is InChI=1S/C15H16O3/c1-3-4-5-6-12-13(17-2)9-7-11-8-10-14(16)18-15(11)12/h4-5,7-10H,3,6H2,1-2H3. The molecular formula is C15H16O3. The third-order valence-electron chi connectivity index (χ3n) is 2.79. The van der Waals surface area contributed by atoms with Gasteiger partial charge in [0.1, 0.15) is 11.3 Å². The number of methoxy groups -OCH3 is 1. The van der Waals surface area contributed by atoms with Crippen LogP contribution in [-0.2, 0) is 6.42 Å². The van der Waals surface area contributed by atoms with E-state index in [-0.39, 0.29) is 5.63 Å². The maximum absolute atomic E-state index is 11.3. The number of ether oxygens (including phenoxy) is 1. The molecule has 1 heterocycles. The summed E-state index contributed by atoms with van der Waals surface area (Å²) in [6, 6.07) is 7.00. The molecule has 0 radical (unpaired) electrons. The number of benzene rings is 1. The quantitative estimate of drug-likeness (QED) is 0.612. The van der Waals surface area contributed by atoms with Crippen LogP contribution in [0.25, 0.3) is 11.0 Å². The zero-order valence-electron chi connectivity index (χ0n) is 10.6. The first-order valence-corrected chi connectivity index (χ1v) is 6.01. The molecule has 3 nitrogen and oxygen atoms in total. The highest BCUT2D eigenvalue weighted by atomic mass is 16.5. The van der Waals surface area contributed by atoms with E-state index in [2.05, 4.69) is 19.1 Å². The minimum Gasteiger partial charge on any atom is -0.496 e. The van der Waals surface area contributed by atoms with E-state index in [9.17, 15) is 4.79 Å². The second kappa shape index (κ2) is 5.54. The maximum Gasteiger partial charge on any atom is 0.336 e. The molecule has 3 heteroatoms. The van der Waals surface area contributed by atoms with Gasteiger partial charge in [-0.3, -0.25) is 0 Å². The van der Waals surface area contributed by atoms with Crippen LogP contribution in [0, 0.1) is 0 Å². The smallest absolute Gasteiger partial charge is 0.336 e. The van der Waals surface area contributed by atoms with Gasteiger partial charge in [0, 0.05) is 17.0 Å². The lowest BCUT2D eigenvalue weighted by molar-refractivity contribution is 0.409. The van der Waals surface area contributed by atoms with Gasteiger partial charge in [0.25, 0.3) is 0 Å². The molecule has 0 aliphatic carbocycles. The summed E-state index contributed by atoms with van der Waals surface area (Å²) >= 11 is 0. The normalized spacial score (nSPS) is 11.2. The number of rotatable bonds is 4. The van der Waals surface area contributed by atoms with Gasteiger partial charge >= 0.3 is 5.63 Å². The molecule has 0 fully saturated rings. The molecule has 0 atom stereocenters. The molecule has 0 N–H and O–H groups in total. The Kier molecular flexibility index (Phi) is 3.82. The Balaban J connectivity index is 2.60. The van der Waals surface area contributed by atoms with Crippen LogP contribution in [0.3, 0.4) is 0 Å². The molecule has 0 amide bonds. The molecule has 0 bridgehead atoms. The molecule has 0 aliphatic rings. The largest absolute Gasteiger partial charge is 0.496 e. The van der Waals surface area contributed by atoms with Gasteiger partial charge in [0.15, 0.2) is 0 Å². The molecule has 2 aromatic rings.